The smallest absolute Gasteiger partial charge is 0.340 e. The van der Waals surface area contributed by atoms with Crippen LogP contribution in [0.3, 0.4) is 0 Å². The number of pyridine rings is 1. The van der Waals surface area contributed by atoms with E-state index in [1.165, 1.54) is 27.5 Å². The lowest BCUT2D eigenvalue weighted by atomic mass is 9.93. The highest BCUT2D eigenvalue weighted by Crippen LogP contribution is 2.55. The van der Waals surface area contributed by atoms with Crippen LogP contribution in [0.1, 0.15) is 11.3 Å². The van der Waals surface area contributed by atoms with Gasteiger partial charge in [0.25, 0.3) is 0 Å². The van der Waals surface area contributed by atoms with Crippen LogP contribution < -0.4 is 4.90 Å². The summed E-state index contributed by atoms with van der Waals surface area (Å²) in [6.45, 7) is 0. The van der Waals surface area contributed by atoms with E-state index in [1.54, 1.807) is 23.1 Å². The number of fused-ring (bicyclic) bond motifs is 1. The Morgan fingerprint density at radius 1 is 0.906 bits per heavy atom. The van der Waals surface area contributed by atoms with Gasteiger partial charge in [0.05, 0.1) is 33.4 Å². The van der Waals surface area contributed by atoms with Crippen molar-refractivity contribution in [3.63, 3.8) is 0 Å². The standard InChI is InChI=1S/C24H22N2O6/c1-30-19(27)13-15-14-25-20(18-12-8-7-11-17(15)18)24(23(29)32-3)21(22(28)31-2)26(24)16-9-5-4-6-10-16/h4-12,14,21H,13H2,1-3H3/t21-,24+,26?/m0/s1. The van der Waals surface area contributed by atoms with E-state index in [0.29, 0.717) is 22.3 Å². The van der Waals surface area contributed by atoms with Crippen LogP contribution in [0.4, 0.5) is 5.69 Å². The minimum atomic E-state index is -1.51. The van der Waals surface area contributed by atoms with Gasteiger partial charge in [0.15, 0.2) is 6.04 Å². The number of methoxy groups -OCH3 is 3. The number of ether oxygens (including phenoxy) is 3. The Labute approximate surface area is 184 Å². The number of aromatic nitrogens is 1. The number of carbonyl (C=O) groups is 3. The summed E-state index contributed by atoms with van der Waals surface area (Å²) < 4.78 is 15.0. The summed E-state index contributed by atoms with van der Waals surface area (Å²) >= 11 is 0. The average Bonchev–Trinajstić information content (AvgIpc) is 3.54. The third kappa shape index (κ3) is 3.15. The molecule has 8 heteroatoms. The minimum Gasteiger partial charge on any atom is -0.469 e. The zero-order valence-electron chi connectivity index (χ0n) is 17.9. The first kappa shape index (κ1) is 21.3. The highest BCUT2D eigenvalue weighted by Gasteiger charge is 2.75. The molecule has 0 saturated carbocycles. The Morgan fingerprint density at radius 2 is 1.56 bits per heavy atom. The Kier molecular flexibility index (Phi) is 5.52. The third-order valence-electron chi connectivity index (χ3n) is 5.72. The van der Waals surface area contributed by atoms with Crippen molar-refractivity contribution < 1.29 is 28.6 Å². The Balaban J connectivity index is 1.97. The van der Waals surface area contributed by atoms with Gasteiger partial charge in [0, 0.05) is 17.3 Å². The van der Waals surface area contributed by atoms with Crippen LogP contribution in [-0.2, 0) is 40.6 Å². The van der Waals surface area contributed by atoms with Gasteiger partial charge in [-0.3, -0.25) is 9.78 Å². The molecule has 0 amide bonds. The average molecular weight is 434 g/mol. The first-order chi connectivity index (χ1) is 15.5. The van der Waals surface area contributed by atoms with E-state index in [2.05, 4.69) is 4.98 Å². The summed E-state index contributed by atoms with van der Waals surface area (Å²) in [4.78, 5) is 44.2. The van der Waals surface area contributed by atoms with Gasteiger partial charge in [-0.2, -0.15) is 0 Å². The molecule has 1 fully saturated rings. The molecule has 0 radical (unpaired) electrons. The van der Waals surface area contributed by atoms with Gasteiger partial charge >= 0.3 is 17.9 Å². The van der Waals surface area contributed by atoms with Crippen LogP contribution in [0.15, 0.2) is 60.8 Å². The number of esters is 3. The van der Waals surface area contributed by atoms with Crippen molar-refractivity contribution in [2.45, 2.75) is 18.0 Å². The summed E-state index contributed by atoms with van der Waals surface area (Å²) in [6.07, 6.45) is 1.56. The number of benzene rings is 2. The summed E-state index contributed by atoms with van der Waals surface area (Å²) in [5.74, 6) is -1.61. The maximum absolute atomic E-state index is 13.3. The molecule has 0 unspecified atom stereocenters. The monoisotopic (exact) mass is 434 g/mol. The van der Waals surface area contributed by atoms with Crippen molar-refractivity contribution in [2.75, 3.05) is 26.2 Å². The van der Waals surface area contributed by atoms with Crippen molar-refractivity contribution in [1.29, 1.82) is 0 Å². The molecule has 2 atom stereocenters. The molecule has 1 saturated heterocycles. The molecule has 164 valence electrons. The molecule has 1 aromatic heterocycles. The number of rotatable bonds is 6. The summed E-state index contributed by atoms with van der Waals surface area (Å²) in [5, 5.41) is 1.36. The van der Waals surface area contributed by atoms with Crippen LogP contribution in [0.5, 0.6) is 0 Å². The number of para-hydroxylation sites is 1. The Morgan fingerprint density at radius 3 is 2.19 bits per heavy atom. The molecule has 0 N–H and O–H groups in total. The van der Waals surface area contributed by atoms with E-state index in [-0.39, 0.29) is 6.42 Å². The molecule has 2 heterocycles. The molecule has 3 aromatic rings. The van der Waals surface area contributed by atoms with E-state index in [1.807, 2.05) is 36.4 Å². The fourth-order valence-corrected chi connectivity index (χ4v) is 4.25. The van der Waals surface area contributed by atoms with Gasteiger partial charge in [-0.1, -0.05) is 42.5 Å². The summed E-state index contributed by atoms with van der Waals surface area (Å²) in [6, 6.07) is 15.4. The van der Waals surface area contributed by atoms with Crippen molar-refractivity contribution in [3.05, 3.63) is 72.1 Å². The Hall–Kier alpha value is -3.94. The topological polar surface area (TPSA) is 94.8 Å². The fourth-order valence-electron chi connectivity index (χ4n) is 4.25. The van der Waals surface area contributed by atoms with Crippen LogP contribution in [0.2, 0.25) is 0 Å². The largest absolute Gasteiger partial charge is 0.469 e. The van der Waals surface area contributed by atoms with Gasteiger partial charge in [-0.25, -0.2) is 9.59 Å². The predicted octanol–water partition coefficient (Wildman–Crippen LogP) is 2.38. The van der Waals surface area contributed by atoms with E-state index in [9.17, 15) is 14.4 Å². The molecular formula is C24H22N2O6. The van der Waals surface area contributed by atoms with Crippen LogP contribution in [0, 0.1) is 0 Å². The van der Waals surface area contributed by atoms with Crippen molar-refractivity contribution in [2.24, 2.45) is 0 Å². The quantitative estimate of drug-likeness (QED) is 0.332. The van der Waals surface area contributed by atoms with Gasteiger partial charge in [0.1, 0.15) is 0 Å². The molecule has 0 spiro atoms. The lowest BCUT2D eigenvalue weighted by Gasteiger charge is -2.18. The summed E-state index contributed by atoms with van der Waals surface area (Å²) in [7, 11) is 3.87. The number of nitrogens with zero attached hydrogens (tertiary/aromatic N) is 2. The third-order valence-corrected chi connectivity index (χ3v) is 5.72. The molecule has 2 aromatic carbocycles. The number of hydrogen-bond donors (Lipinski definition) is 0. The first-order valence-corrected chi connectivity index (χ1v) is 9.95. The molecule has 0 aliphatic carbocycles. The molecular weight excluding hydrogens is 412 g/mol. The van der Waals surface area contributed by atoms with E-state index >= 15 is 0 Å². The zero-order chi connectivity index (χ0) is 22.9. The molecule has 4 rings (SSSR count). The number of anilines is 1. The van der Waals surface area contributed by atoms with E-state index in [4.69, 9.17) is 14.2 Å². The van der Waals surface area contributed by atoms with E-state index < -0.39 is 29.5 Å². The normalized spacial score (nSPS) is 19.3. The van der Waals surface area contributed by atoms with Crippen LogP contribution >= 0.6 is 0 Å². The van der Waals surface area contributed by atoms with Crippen LogP contribution in [0.25, 0.3) is 10.8 Å². The highest BCUT2D eigenvalue weighted by molar-refractivity contribution is 6.09. The molecule has 8 nitrogen and oxygen atoms in total. The maximum atomic E-state index is 13.3. The molecule has 0 bridgehead atoms. The van der Waals surface area contributed by atoms with Crippen molar-refractivity contribution in [3.8, 4) is 0 Å². The van der Waals surface area contributed by atoms with Gasteiger partial charge in [0.2, 0.25) is 5.54 Å². The first-order valence-electron chi connectivity index (χ1n) is 9.95. The minimum absolute atomic E-state index is 0.0261. The molecule has 32 heavy (non-hydrogen) atoms. The number of hydrogen-bond acceptors (Lipinski definition) is 8. The fraction of sp³-hybridized carbons (Fsp3) is 0.250. The van der Waals surface area contributed by atoms with Gasteiger partial charge in [-0.15, -0.1) is 0 Å². The van der Waals surface area contributed by atoms with Gasteiger partial charge < -0.3 is 19.1 Å². The molecule has 1 aliphatic rings. The second-order valence-electron chi connectivity index (χ2n) is 7.32. The predicted molar refractivity (Wildman–Crippen MR) is 116 cm³/mol. The summed E-state index contributed by atoms with van der Waals surface area (Å²) in [5.41, 5.74) is 0.149. The van der Waals surface area contributed by atoms with Crippen molar-refractivity contribution >= 4 is 34.4 Å². The number of carbonyl (C=O) groups excluding carboxylic acids is 3. The lowest BCUT2D eigenvalue weighted by molar-refractivity contribution is -0.147. The van der Waals surface area contributed by atoms with Gasteiger partial charge in [-0.05, 0) is 23.1 Å². The van der Waals surface area contributed by atoms with E-state index in [0.717, 1.165) is 5.39 Å². The zero-order valence-corrected chi connectivity index (χ0v) is 17.9. The SMILES string of the molecule is COC(=O)Cc1cnc([C@]2(C(=O)OC)[C@H](C(=O)OC)N2c2ccccc2)c2ccccc12. The molecule has 1 aliphatic heterocycles. The second kappa shape index (κ2) is 8.30. The lowest BCUT2D eigenvalue weighted by Crippen LogP contribution is -2.32. The highest BCUT2D eigenvalue weighted by atomic mass is 16.5. The second-order valence-corrected chi connectivity index (χ2v) is 7.32. The van der Waals surface area contributed by atoms with Crippen LogP contribution in [-0.4, -0.2) is 50.3 Å². The Bertz CT molecular complexity index is 1200. The van der Waals surface area contributed by atoms with Crippen molar-refractivity contribution in [1.82, 2.24) is 4.98 Å². The maximum Gasteiger partial charge on any atom is 0.340 e.